The van der Waals surface area contributed by atoms with Crippen molar-refractivity contribution >= 4 is 39.3 Å². The molecule has 0 radical (unpaired) electrons. The molecule has 1 aliphatic heterocycles. The minimum absolute atomic E-state index is 0.0755. The second-order valence-corrected chi connectivity index (χ2v) is 10.6. The van der Waals surface area contributed by atoms with E-state index in [2.05, 4.69) is 28.9 Å². The molecule has 35 heavy (non-hydrogen) atoms. The molecular weight excluding hydrogens is 462 g/mol. The quantitative estimate of drug-likeness (QED) is 0.467. The highest BCUT2D eigenvalue weighted by Gasteiger charge is 2.32. The first-order chi connectivity index (χ1) is 16.6. The Balaban J connectivity index is 1.50. The molecule has 0 saturated heterocycles. The number of rotatable bonds is 7. The van der Waals surface area contributed by atoms with Crippen LogP contribution in [0.4, 0.5) is 11.4 Å². The number of hydrogen-bond acceptors (Lipinski definition) is 5. The van der Waals surface area contributed by atoms with Gasteiger partial charge in [-0.3, -0.25) is 19.3 Å². The zero-order valence-electron chi connectivity index (χ0n) is 19.8. The number of carbonyl (C=O) groups excluding carboxylic acids is 2. The van der Waals surface area contributed by atoms with Gasteiger partial charge in [0.1, 0.15) is 5.92 Å². The van der Waals surface area contributed by atoms with Gasteiger partial charge in [-0.15, -0.1) is 0 Å². The molecule has 3 aromatic carbocycles. The van der Waals surface area contributed by atoms with Crippen LogP contribution < -0.4 is 10.0 Å². The summed E-state index contributed by atoms with van der Waals surface area (Å²) in [5.41, 5.74) is 3.96. The molecule has 3 aromatic rings. The van der Waals surface area contributed by atoms with Gasteiger partial charge in [-0.05, 0) is 54.3 Å². The van der Waals surface area contributed by atoms with E-state index in [1.165, 1.54) is 24.4 Å². The second-order valence-electron chi connectivity index (χ2n) is 8.88. The molecule has 0 bridgehead atoms. The molecule has 8 heteroatoms. The molecule has 0 spiro atoms. The summed E-state index contributed by atoms with van der Waals surface area (Å²) in [6, 6.07) is 19.0. The van der Waals surface area contributed by atoms with Crippen LogP contribution in [0.1, 0.15) is 46.8 Å². The van der Waals surface area contributed by atoms with E-state index in [1.807, 2.05) is 43.3 Å². The monoisotopic (exact) mass is 489 g/mol. The van der Waals surface area contributed by atoms with Crippen LogP contribution in [0.25, 0.3) is 0 Å². The van der Waals surface area contributed by atoms with Crippen molar-refractivity contribution in [1.82, 2.24) is 5.32 Å². The standard InChI is InChI=1S/C27H27N3O4S/c1-17(2)20-8-10-21(11-9-20)30-35(33,34)22-12-13-25-23(14-22)26(31)24(16-28-25)27(32)29-15-19-6-4-18(3)5-7-19/h4-14,16-17,24,30H,15H2,1-3H3,(H,29,32). The first kappa shape index (κ1) is 24.3. The van der Waals surface area contributed by atoms with E-state index in [0.717, 1.165) is 16.7 Å². The molecule has 2 N–H and O–H groups in total. The molecule has 1 atom stereocenters. The number of sulfonamides is 1. The minimum Gasteiger partial charge on any atom is -0.351 e. The van der Waals surface area contributed by atoms with Gasteiger partial charge in [-0.2, -0.15) is 0 Å². The fourth-order valence-corrected chi connectivity index (χ4v) is 4.81. The van der Waals surface area contributed by atoms with E-state index in [0.29, 0.717) is 17.3 Å². The third-order valence-electron chi connectivity index (χ3n) is 5.89. The molecule has 0 saturated carbocycles. The minimum atomic E-state index is -3.95. The van der Waals surface area contributed by atoms with Gasteiger partial charge < -0.3 is 5.32 Å². The molecule has 1 heterocycles. The Labute approximate surface area is 205 Å². The van der Waals surface area contributed by atoms with E-state index in [1.54, 1.807) is 12.1 Å². The summed E-state index contributed by atoms with van der Waals surface area (Å²) in [5.74, 6) is -1.77. The highest BCUT2D eigenvalue weighted by atomic mass is 32.2. The maximum Gasteiger partial charge on any atom is 0.261 e. The van der Waals surface area contributed by atoms with Crippen molar-refractivity contribution in [2.75, 3.05) is 4.72 Å². The maximum absolute atomic E-state index is 13.1. The summed E-state index contributed by atoms with van der Waals surface area (Å²) in [6.07, 6.45) is 1.30. The number of aryl methyl sites for hydroxylation is 1. The molecule has 1 amide bonds. The smallest absolute Gasteiger partial charge is 0.261 e. The Morgan fingerprint density at radius 1 is 1.00 bits per heavy atom. The zero-order valence-corrected chi connectivity index (χ0v) is 20.6. The maximum atomic E-state index is 13.1. The van der Waals surface area contributed by atoms with E-state index in [4.69, 9.17) is 0 Å². The predicted molar refractivity (Wildman–Crippen MR) is 137 cm³/mol. The van der Waals surface area contributed by atoms with Gasteiger partial charge in [0.15, 0.2) is 5.78 Å². The largest absolute Gasteiger partial charge is 0.351 e. The third-order valence-corrected chi connectivity index (χ3v) is 7.27. The van der Waals surface area contributed by atoms with E-state index >= 15 is 0 Å². The first-order valence-corrected chi connectivity index (χ1v) is 12.8. The second kappa shape index (κ2) is 9.84. The topological polar surface area (TPSA) is 105 Å². The van der Waals surface area contributed by atoms with Crippen molar-refractivity contribution in [1.29, 1.82) is 0 Å². The van der Waals surface area contributed by atoms with Crippen LogP contribution in [0.2, 0.25) is 0 Å². The normalized spacial score (nSPS) is 15.1. The van der Waals surface area contributed by atoms with Crippen molar-refractivity contribution in [3.63, 3.8) is 0 Å². The van der Waals surface area contributed by atoms with Crippen LogP contribution in [-0.2, 0) is 21.4 Å². The number of fused-ring (bicyclic) bond motifs is 1. The summed E-state index contributed by atoms with van der Waals surface area (Å²) in [7, 11) is -3.95. The van der Waals surface area contributed by atoms with Gasteiger partial charge in [0.2, 0.25) is 5.91 Å². The average molecular weight is 490 g/mol. The highest BCUT2D eigenvalue weighted by Crippen LogP contribution is 2.30. The van der Waals surface area contributed by atoms with Gasteiger partial charge in [-0.25, -0.2) is 8.42 Å². The Morgan fingerprint density at radius 3 is 2.34 bits per heavy atom. The van der Waals surface area contributed by atoms with Gasteiger partial charge in [0, 0.05) is 24.0 Å². The number of aliphatic imine (C=N–C) groups is 1. The number of amides is 1. The summed E-state index contributed by atoms with van der Waals surface area (Å²) in [4.78, 5) is 29.9. The van der Waals surface area contributed by atoms with Crippen molar-refractivity contribution in [2.45, 2.75) is 38.1 Å². The van der Waals surface area contributed by atoms with E-state index in [-0.39, 0.29) is 17.0 Å². The van der Waals surface area contributed by atoms with Crippen molar-refractivity contribution in [2.24, 2.45) is 10.9 Å². The molecule has 0 fully saturated rings. The third kappa shape index (κ3) is 5.49. The lowest BCUT2D eigenvalue weighted by molar-refractivity contribution is -0.122. The van der Waals surface area contributed by atoms with E-state index in [9.17, 15) is 18.0 Å². The fraction of sp³-hybridized carbons (Fsp3) is 0.222. The number of ketones is 1. The number of benzene rings is 3. The first-order valence-electron chi connectivity index (χ1n) is 11.3. The van der Waals surface area contributed by atoms with Gasteiger partial charge in [0.25, 0.3) is 10.0 Å². The Hall–Kier alpha value is -3.78. The lowest BCUT2D eigenvalue weighted by Gasteiger charge is -2.18. The number of carbonyl (C=O) groups is 2. The average Bonchev–Trinajstić information content (AvgIpc) is 2.83. The van der Waals surface area contributed by atoms with Crippen LogP contribution in [-0.4, -0.2) is 26.3 Å². The molecule has 1 aliphatic rings. The zero-order chi connectivity index (χ0) is 25.2. The number of Topliss-reactive ketones (excluding diaryl/α,β-unsaturated/α-hetero) is 1. The van der Waals surface area contributed by atoms with Crippen LogP contribution >= 0.6 is 0 Å². The summed E-state index contributed by atoms with van der Waals surface area (Å²) >= 11 is 0. The van der Waals surface area contributed by atoms with Crippen LogP contribution in [0.15, 0.2) is 76.6 Å². The Bertz CT molecular complexity index is 1390. The van der Waals surface area contributed by atoms with Gasteiger partial charge in [-0.1, -0.05) is 55.8 Å². The molecule has 0 aliphatic carbocycles. The number of nitrogens with one attached hydrogen (secondary N) is 2. The summed E-state index contributed by atoms with van der Waals surface area (Å²) < 4.78 is 28.5. The Morgan fingerprint density at radius 2 is 1.69 bits per heavy atom. The Kier molecular flexibility index (Phi) is 6.84. The van der Waals surface area contributed by atoms with E-state index < -0.39 is 27.6 Å². The van der Waals surface area contributed by atoms with Crippen LogP contribution in [0.5, 0.6) is 0 Å². The molecule has 4 rings (SSSR count). The van der Waals surface area contributed by atoms with Crippen LogP contribution in [0, 0.1) is 12.8 Å². The van der Waals surface area contributed by atoms with Gasteiger partial charge >= 0.3 is 0 Å². The number of nitrogens with zero attached hydrogens (tertiary/aromatic N) is 1. The summed E-state index contributed by atoms with van der Waals surface area (Å²) in [5, 5.41) is 2.76. The summed E-state index contributed by atoms with van der Waals surface area (Å²) in [6.45, 7) is 6.37. The number of anilines is 1. The molecule has 0 aromatic heterocycles. The highest BCUT2D eigenvalue weighted by molar-refractivity contribution is 7.92. The van der Waals surface area contributed by atoms with Gasteiger partial charge in [0.05, 0.1) is 10.6 Å². The van der Waals surface area contributed by atoms with Crippen molar-refractivity contribution in [3.05, 3.63) is 89.0 Å². The lowest BCUT2D eigenvalue weighted by Crippen LogP contribution is -2.37. The molecule has 7 nitrogen and oxygen atoms in total. The molecular formula is C27H27N3O4S. The lowest BCUT2D eigenvalue weighted by atomic mass is 9.94. The van der Waals surface area contributed by atoms with Crippen molar-refractivity contribution in [3.8, 4) is 0 Å². The van der Waals surface area contributed by atoms with Crippen LogP contribution in [0.3, 0.4) is 0 Å². The number of hydrogen-bond donors (Lipinski definition) is 2. The van der Waals surface area contributed by atoms with Crippen molar-refractivity contribution < 1.29 is 18.0 Å². The molecule has 1 unspecified atom stereocenters. The predicted octanol–water partition coefficient (Wildman–Crippen LogP) is 4.75. The molecule has 180 valence electrons. The fourth-order valence-electron chi connectivity index (χ4n) is 3.72. The SMILES string of the molecule is Cc1ccc(CNC(=O)C2C=Nc3ccc(S(=O)(=O)Nc4ccc(C(C)C)cc4)cc3C2=O)cc1.